The van der Waals surface area contributed by atoms with Gasteiger partial charge in [0.2, 0.25) is 0 Å². The molecule has 1 fully saturated rings. The van der Waals surface area contributed by atoms with Crippen LogP contribution >= 0.6 is 0 Å². The zero-order valence-electron chi connectivity index (χ0n) is 15.7. The molecule has 0 unspecified atom stereocenters. The lowest BCUT2D eigenvalue weighted by molar-refractivity contribution is -0.117. The molecule has 4 nitrogen and oxygen atoms in total. The Bertz CT molecular complexity index is 644. The van der Waals surface area contributed by atoms with Crippen LogP contribution in [0.5, 0.6) is 0 Å². The molecule has 0 bridgehead atoms. The van der Waals surface area contributed by atoms with Crippen molar-refractivity contribution >= 4 is 17.4 Å². The molecule has 0 aliphatic heterocycles. The van der Waals surface area contributed by atoms with Crippen molar-refractivity contribution < 1.29 is 14.3 Å². The number of rotatable bonds is 6. The molecular weight excluding hydrogens is 314 g/mol. The van der Waals surface area contributed by atoms with Crippen LogP contribution < -0.4 is 5.32 Å². The van der Waals surface area contributed by atoms with Crippen LogP contribution in [0, 0.1) is 11.3 Å². The van der Waals surface area contributed by atoms with E-state index in [4.69, 9.17) is 4.74 Å². The van der Waals surface area contributed by atoms with Crippen LogP contribution in [0.1, 0.15) is 63.7 Å². The minimum absolute atomic E-state index is 0.235. The molecular formula is C21H29NO3. The lowest BCUT2D eigenvalue weighted by Crippen LogP contribution is -2.29. The van der Waals surface area contributed by atoms with Gasteiger partial charge in [0.25, 0.3) is 0 Å². The minimum Gasteiger partial charge on any atom is -0.462 e. The molecule has 1 aromatic carbocycles. The summed E-state index contributed by atoms with van der Waals surface area (Å²) in [6.45, 7) is 8.93. The van der Waals surface area contributed by atoms with Gasteiger partial charge in [-0.15, -0.1) is 0 Å². The Morgan fingerprint density at radius 3 is 2.56 bits per heavy atom. The Morgan fingerprint density at radius 2 is 1.96 bits per heavy atom. The largest absolute Gasteiger partial charge is 0.462 e. The molecule has 1 saturated carbocycles. The van der Waals surface area contributed by atoms with Gasteiger partial charge in [0, 0.05) is 23.9 Å². The standard InChI is InChI=1S/C21H29NO3/c1-5-21(3,4)17-9-12-19(23)16(13-17)14-22-18-10-7-15(8-11-18)20(24)25-6-2/h7-8,10-11,14,17,22H,5-6,9,12-13H2,1-4H3/b16-14+/t17-/m1/s1. The smallest absolute Gasteiger partial charge is 0.338 e. The molecule has 0 aromatic heterocycles. The summed E-state index contributed by atoms with van der Waals surface area (Å²) >= 11 is 0. The molecule has 1 atom stereocenters. The van der Waals surface area contributed by atoms with E-state index >= 15 is 0 Å². The Hall–Kier alpha value is -2.10. The normalized spacial score (nSPS) is 19.8. The molecule has 136 valence electrons. The number of Topliss-reactive ketones (excluding diaryl/α,β-unsaturated/α-hetero) is 1. The number of ketones is 1. The van der Waals surface area contributed by atoms with Crippen molar-refractivity contribution in [2.24, 2.45) is 11.3 Å². The molecule has 1 aliphatic carbocycles. The fraction of sp³-hybridized carbons (Fsp3) is 0.524. The summed E-state index contributed by atoms with van der Waals surface area (Å²) in [5.74, 6) is 0.452. The van der Waals surface area contributed by atoms with Gasteiger partial charge in [-0.1, -0.05) is 27.2 Å². The van der Waals surface area contributed by atoms with E-state index in [1.54, 1.807) is 19.1 Å². The third-order valence-corrected chi connectivity index (χ3v) is 5.37. The Kier molecular flexibility index (Phi) is 6.40. The van der Waals surface area contributed by atoms with Gasteiger partial charge in [-0.05, 0) is 55.4 Å². The summed E-state index contributed by atoms with van der Waals surface area (Å²) in [5, 5.41) is 3.20. The summed E-state index contributed by atoms with van der Waals surface area (Å²) in [7, 11) is 0. The summed E-state index contributed by atoms with van der Waals surface area (Å²) in [4.78, 5) is 23.9. The van der Waals surface area contributed by atoms with Crippen molar-refractivity contribution in [1.82, 2.24) is 0 Å². The molecule has 1 N–H and O–H groups in total. The molecule has 0 spiro atoms. The predicted molar refractivity (Wildman–Crippen MR) is 101 cm³/mol. The highest BCUT2D eigenvalue weighted by atomic mass is 16.5. The van der Waals surface area contributed by atoms with Gasteiger partial charge >= 0.3 is 5.97 Å². The average molecular weight is 343 g/mol. The van der Waals surface area contributed by atoms with Gasteiger partial charge in [-0.2, -0.15) is 0 Å². The number of ether oxygens (including phenoxy) is 1. The monoisotopic (exact) mass is 343 g/mol. The molecule has 0 heterocycles. The second-order valence-electron chi connectivity index (χ2n) is 7.32. The lowest BCUT2D eigenvalue weighted by Gasteiger charge is -2.36. The molecule has 0 amide bonds. The number of hydrogen-bond donors (Lipinski definition) is 1. The second-order valence-corrected chi connectivity index (χ2v) is 7.32. The van der Waals surface area contributed by atoms with E-state index in [1.807, 2.05) is 18.3 Å². The zero-order chi connectivity index (χ0) is 18.4. The number of hydrogen-bond acceptors (Lipinski definition) is 4. The van der Waals surface area contributed by atoms with Crippen LogP contribution in [0.15, 0.2) is 36.0 Å². The topological polar surface area (TPSA) is 55.4 Å². The van der Waals surface area contributed by atoms with Crippen molar-refractivity contribution in [2.45, 2.75) is 53.4 Å². The fourth-order valence-electron chi connectivity index (χ4n) is 3.13. The maximum absolute atomic E-state index is 12.2. The minimum atomic E-state index is -0.320. The summed E-state index contributed by atoms with van der Waals surface area (Å²) in [6, 6.07) is 7.10. The number of anilines is 1. The highest BCUT2D eigenvalue weighted by Crippen LogP contribution is 2.41. The van der Waals surface area contributed by atoms with Crippen molar-refractivity contribution in [3.8, 4) is 0 Å². The number of carbonyl (C=O) groups is 2. The van der Waals surface area contributed by atoms with Gasteiger partial charge in [-0.25, -0.2) is 4.79 Å². The first-order valence-corrected chi connectivity index (χ1v) is 9.13. The van der Waals surface area contributed by atoms with E-state index in [0.717, 1.165) is 30.5 Å². The number of nitrogens with one attached hydrogen (secondary N) is 1. The number of esters is 1. The number of benzene rings is 1. The van der Waals surface area contributed by atoms with Crippen LogP contribution in [0.3, 0.4) is 0 Å². The molecule has 4 heteroatoms. The van der Waals surface area contributed by atoms with Gasteiger partial charge in [-0.3, -0.25) is 4.79 Å². The van der Waals surface area contributed by atoms with Crippen molar-refractivity contribution in [3.63, 3.8) is 0 Å². The summed E-state index contributed by atoms with van der Waals surface area (Å²) in [6.07, 6.45) is 5.38. The van der Waals surface area contributed by atoms with E-state index < -0.39 is 0 Å². The maximum Gasteiger partial charge on any atom is 0.338 e. The first kappa shape index (κ1) is 19.2. The van der Waals surface area contributed by atoms with Gasteiger partial charge in [0.1, 0.15) is 0 Å². The van der Waals surface area contributed by atoms with Gasteiger partial charge in [0.05, 0.1) is 12.2 Å². The van der Waals surface area contributed by atoms with E-state index in [9.17, 15) is 9.59 Å². The lowest BCUT2D eigenvalue weighted by atomic mass is 9.68. The van der Waals surface area contributed by atoms with Crippen LogP contribution in [-0.4, -0.2) is 18.4 Å². The van der Waals surface area contributed by atoms with Crippen molar-refractivity contribution in [3.05, 3.63) is 41.6 Å². The van der Waals surface area contributed by atoms with Crippen molar-refractivity contribution in [1.29, 1.82) is 0 Å². The highest BCUT2D eigenvalue weighted by Gasteiger charge is 2.33. The van der Waals surface area contributed by atoms with Crippen LogP contribution in [-0.2, 0) is 9.53 Å². The molecule has 0 saturated heterocycles. The zero-order valence-corrected chi connectivity index (χ0v) is 15.7. The van der Waals surface area contributed by atoms with Crippen molar-refractivity contribution in [2.75, 3.05) is 11.9 Å². The Labute approximate surface area is 150 Å². The van der Waals surface area contributed by atoms with Gasteiger partial charge < -0.3 is 10.1 Å². The van der Waals surface area contributed by atoms with E-state index in [-0.39, 0.29) is 17.2 Å². The molecule has 0 radical (unpaired) electrons. The second kappa shape index (κ2) is 8.32. The van der Waals surface area contributed by atoms with Crippen LogP contribution in [0.2, 0.25) is 0 Å². The number of carbonyl (C=O) groups excluding carboxylic acids is 2. The van der Waals surface area contributed by atoms with E-state index in [2.05, 4.69) is 26.1 Å². The average Bonchev–Trinajstić information content (AvgIpc) is 2.61. The van der Waals surface area contributed by atoms with E-state index in [0.29, 0.717) is 24.5 Å². The molecule has 2 rings (SSSR count). The fourth-order valence-corrected chi connectivity index (χ4v) is 3.13. The highest BCUT2D eigenvalue weighted by molar-refractivity contribution is 5.96. The molecule has 1 aromatic rings. The summed E-state index contributed by atoms with van der Waals surface area (Å²) in [5.41, 5.74) is 2.50. The third-order valence-electron chi connectivity index (χ3n) is 5.37. The first-order valence-electron chi connectivity index (χ1n) is 9.13. The SMILES string of the molecule is CCOC(=O)c1ccc(N/C=C2\C[C@H](C(C)(C)CC)CCC2=O)cc1. The maximum atomic E-state index is 12.2. The van der Waals surface area contributed by atoms with Crippen LogP contribution in [0.4, 0.5) is 5.69 Å². The Balaban J connectivity index is 2.04. The van der Waals surface area contributed by atoms with Crippen LogP contribution in [0.25, 0.3) is 0 Å². The van der Waals surface area contributed by atoms with Gasteiger partial charge in [0.15, 0.2) is 5.78 Å². The van der Waals surface area contributed by atoms with E-state index in [1.165, 1.54) is 0 Å². The molecule has 25 heavy (non-hydrogen) atoms. The number of allylic oxidation sites excluding steroid dienone is 1. The summed E-state index contributed by atoms with van der Waals surface area (Å²) < 4.78 is 4.98. The Morgan fingerprint density at radius 1 is 1.28 bits per heavy atom. The first-order chi connectivity index (χ1) is 11.9. The molecule has 1 aliphatic rings. The predicted octanol–water partition coefficient (Wildman–Crippen LogP) is 4.96. The third kappa shape index (κ3) is 4.94. The quantitative estimate of drug-likeness (QED) is 0.585.